The number of anilines is 1. The molecule has 6 heteroatoms. The second-order valence-electron chi connectivity index (χ2n) is 4.77. The number of benzene rings is 1. The van der Waals surface area contributed by atoms with Gasteiger partial charge in [0.25, 0.3) is 5.56 Å². The first-order valence-electron chi connectivity index (χ1n) is 6.84. The molecule has 0 aliphatic carbocycles. The lowest BCUT2D eigenvalue weighted by Crippen LogP contribution is -2.11. The van der Waals surface area contributed by atoms with Crippen molar-refractivity contribution in [3.63, 3.8) is 0 Å². The van der Waals surface area contributed by atoms with Crippen molar-refractivity contribution in [1.82, 2.24) is 9.38 Å². The normalized spacial score (nSPS) is 10.3. The maximum absolute atomic E-state index is 11.1. The van der Waals surface area contributed by atoms with Crippen LogP contribution in [0.3, 0.4) is 0 Å². The highest BCUT2D eigenvalue weighted by atomic mass is 16.4. The Morgan fingerprint density at radius 3 is 2.74 bits per heavy atom. The topological polar surface area (TPSA) is 90.6 Å². The number of fused-ring (bicyclic) bond motifs is 2. The van der Waals surface area contributed by atoms with Crippen LogP contribution in [0, 0.1) is 0 Å². The largest absolute Gasteiger partial charge is 0.431 e. The molecule has 0 amide bonds. The van der Waals surface area contributed by atoms with Crippen LogP contribution in [0.25, 0.3) is 16.4 Å². The molecule has 0 spiro atoms. The Kier molecular flexibility index (Phi) is 3.88. The van der Waals surface area contributed by atoms with Crippen molar-refractivity contribution in [1.29, 1.82) is 0 Å². The van der Waals surface area contributed by atoms with Crippen molar-refractivity contribution < 1.29 is 4.42 Å². The Hall–Kier alpha value is -3.41. The summed E-state index contributed by atoms with van der Waals surface area (Å²) in [5.41, 5.74) is 6.37. The van der Waals surface area contributed by atoms with Crippen molar-refractivity contribution in [2.24, 2.45) is 0 Å². The molecular formula is C17H13N3O3. The van der Waals surface area contributed by atoms with Crippen LogP contribution in [-0.4, -0.2) is 9.38 Å². The zero-order valence-electron chi connectivity index (χ0n) is 12.0. The lowest BCUT2D eigenvalue weighted by Gasteiger charge is -1.95. The van der Waals surface area contributed by atoms with Gasteiger partial charge in [-0.05, 0) is 35.7 Å². The van der Waals surface area contributed by atoms with Gasteiger partial charge in [-0.1, -0.05) is 12.1 Å². The van der Waals surface area contributed by atoms with Crippen molar-refractivity contribution in [2.75, 3.05) is 5.73 Å². The number of nitrogen functional groups attached to an aromatic ring is 1. The fourth-order valence-electron chi connectivity index (χ4n) is 2.11. The highest BCUT2D eigenvalue weighted by Gasteiger charge is 1.98. The summed E-state index contributed by atoms with van der Waals surface area (Å²) in [6, 6.07) is 13.8. The van der Waals surface area contributed by atoms with Crippen molar-refractivity contribution in [2.45, 2.75) is 0 Å². The number of hydrogen-bond donors (Lipinski definition) is 1. The number of nitrogens with zero attached hydrogens (tertiary/aromatic N) is 2. The first-order valence-corrected chi connectivity index (χ1v) is 6.84. The molecule has 0 unspecified atom stereocenters. The van der Waals surface area contributed by atoms with E-state index in [0.29, 0.717) is 16.7 Å². The molecule has 1 aromatic carbocycles. The van der Waals surface area contributed by atoms with E-state index in [1.54, 1.807) is 42.6 Å². The average Bonchev–Trinajstić information content (AvgIpc) is 2.57. The minimum absolute atomic E-state index is 0.0457. The highest BCUT2D eigenvalue weighted by Crippen LogP contribution is 2.12. The molecule has 0 bridgehead atoms. The molecular weight excluding hydrogens is 294 g/mol. The Morgan fingerprint density at radius 2 is 1.91 bits per heavy atom. The Bertz CT molecular complexity index is 1080. The summed E-state index contributed by atoms with van der Waals surface area (Å²) in [4.78, 5) is 26.2. The van der Waals surface area contributed by atoms with Crippen LogP contribution in [0.4, 0.5) is 5.69 Å². The van der Waals surface area contributed by atoms with Crippen LogP contribution < -0.4 is 16.9 Å². The van der Waals surface area contributed by atoms with Gasteiger partial charge in [0.05, 0.1) is 11.6 Å². The van der Waals surface area contributed by atoms with E-state index in [2.05, 4.69) is 9.40 Å². The maximum Gasteiger partial charge on any atom is 0.343 e. The molecule has 114 valence electrons. The summed E-state index contributed by atoms with van der Waals surface area (Å²) < 4.78 is 6.18. The quantitative estimate of drug-likeness (QED) is 0.502. The standard InChI is InChI=1S/C9H7NO2.C8H6N2O/c10-7-2-1-6-3-4-12-9(11)8(6)5-7;11-8-4-5-9-7-3-1-2-6-10(7)8/h1-5H,10H2;1-6H. The molecule has 23 heavy (non-hydrogen) atoms. The van der Waals surface area contributed by atoms with E-state index in [1.807, 2.05) is 6.07 Å². The minimum atomic E-state index is -0.347. The summed E-state index contributed by atoms with van der Waals surface area (Å²) in [7, 11) is 0. The Balaban J connectivity index is 0.000000136. The third-order valence-corrected chi connectivity index (χ3v) is 3.22. The van der Waals surface area contributed by atoms with Crippen LogP contribution in [-0.2, 0) is 0 Å². The lowest BCUT2D eigenvalue weighted by atomic mass is 10.2. The molecule has 4 aromatic rings. The van der Waals surface area contributed by atoms with E-state index < -0.39 is 0 Å². The number of rotatable bonds is 0. The number of nitrogens with two attached hydrogens (primary N) is 1. The SMILES string of the molecule is Nc1ccc2ccoc(=O)c2c1.O=c1ccnc2ccccn12. The van der Waals surface area contributed by atoms with E-state index in [9.17, 15) is 9.59 Å². The predicted octanol–water partition coefficient (Wildman–Crippen LogP) is 2.07. The monoisotopic (exact) mass is 307 g/mol. The summed E-state index contributed by atoms with van der Waals surface area (Å²) in [6.07, 6.45) is 4.59. The van der Waals surface area contributed by atoms with Gasteiger partial charge in [-0.2, -0.15) is 0 Å². The molecule has 6 nitrogen and oxygen atoms in total. The summed E-state index contributed by atoms with van der Waals surface area (Å²) >= 11 is 0. The van der Waals surface area contributed by atoms with Crippen LogP contribution in [0.1, 0.15) is 0 Å². The van der Waals surface area contributed by atoms with Crippen molar-refractivity contribution >= 4 is 22.1 Å². The minimum Gasteiger partial charge on any atom is -0.431 e. The molecule has 3 heterocycles. The van der Waals surface area contributed by atoms with Gasteiger partial charge in [-0.15, -0.1) is 0 Å². The first-order chi connectivity index (χ1) is 11.1. The van der Waals surface area contributed by atoms with E-state index in [1.165, 1.54) is 22.9 Å². The molecule has 0 fully saturated rings. The Labute approximate surface area is 130 Å². The fraction of sp³-hybridized carbons (Fsp3) is 0. The van der Waals surface area contributed by atoms with Crippen LogP contribution in [0.2, 0.25) is 0 Å². The van der Waals surface area contributed by atoms with Gasteiger partial charge in [0.1, 0.15) is 5.65 Å². The van der Waals surface area contributed by atoms with E-state index in [0.717, 1.165) is 5.39 Å². The zero-order chi connectivity index (χ0) is 16.2. The van der Waals surface area contributed by atoms with Gasteiger partial charge in [0.15, 0.2) is 0 Å². The molecule has 3 aromatic heterocycles. The summed E-state index contributed by atoms with van der Waals surface area (Å²) in [5.74, 6) is 0. The summed E-state index contributed by atoms with van der Waals surface area (Å²) in [5, 5.41) is 1.37. The maximum atomic E-state index is 11.1. The van der Waals surface area contributed by atoms with Gasteiger partial charge in [-0.3, -0.25) is 9.20 Å². The molecule has 2 N–H and O–H groups in total. The van der Waals surface area contributed by atoms with Gasteiger partial charge in [-0.25, -0.2) is 9.78 Å². The molecule has 0 aliphatic heterocycles. The molecule has 0 aliphatic rings. The van der Waals surface area contributed by atoms with Crippen molar-refractivity contribution in [3.05, 3.63) is 88.0 Å². The Morgan fingerprint density at radius 1 is 1.04 bits per heavy atom. The number of hydrogen-bond acceptors (Lipinski definition) is 5. The molecule has 0 atom stereocenters. The third kappa shape index (κ3) is 3.11. The van der Waals surface area contributed by atoms with Crippen LogP contribution in [0.15, 0.2) is 81.2 Å². The fourth-order valence-corrected chi connectivity index (χ4v) is 2.11. The lowest BCUT2D eigenvalue weighted by molar-refractivity contribution is 0.519. The van der Waals surface area contributed by atoms with E-state index in [-0.39, 0.29) is 11.2 Å². The first kappa shape index (κ1) is 14.5. The molecule has 4 rings (SSSR count). The van der Waals surface area contributed by atoms with Gasteiger partial charge >= 0.3 is 5.63 Å². The second kappa shape index (κ2) is 6.15. The number of pyridine rings is 1. The smallest absolute Gasteiger partial charge is 0.343 e. The van der Waals surface area contributed by atoms with Gasteiger partial charge < -0.3 is 10.2 Å². The molecule has 0 saturated carbocycles. The van der Waals surface area contributed by atoms with E-state index in [4.69, 9.17) is 5.73 Å². The van der Waals surface area contributed by atoms with Crippen LogP contribution in [0.5, 0.6) is 0 Å². The van der Waals surface area contributed by atoms with E-state index >= 15 is 0 Å². The van der Waals surface area contributed by atoms with Crippen molar-refractivity contribution in [3.8, 4) is 0 Å². The van der Waals surface area contributed by atoms with Gasteiger partial charge in [0.2, 0.25) is 0 Å². The zero-order valence-corrected chi connectivity index (χ0v) is 12.0. The average molecular weight is 307 g/mol. The second-order valence-corrected chi connectivity index (χ2v) is 4.77. The summed E-state index contributed by atoms with van der Waals surface area (Å²) in [6.45, 7) is 0. The predicted molar refractivity (Wildman–Crippen MR) is 88.4 cm³/mol. The van der Waals surface area contributed by atoms with Crippen LogP contribution >= 0.6 is 0 Å². The third-order valence-electron chi connectivity index (χ3n) is 3.22. The highest BCUT2D eigenvalue weighted by molar-refractivity contribution is 5.83. The molecule has 0 radical (unpaired) electrons. The van der Waals surface area contributed by atoms with Gasteiger partial charge in [0, 0.05) is 24.1 Å². The molecule has 0 saturated heterocycles. The number of aromatic nitrogens is 2.